The van der Waals surface area contributed by atoms with Gasteiger partial charge in [-0.05, 0) is 0 Å². The zero-order chi connectivity index (χ0) is 8.43. The van der Waals surface area contributed by atoms with E-state index in [0.717, 1.165) is 0 Å². The van der Waals surface area contributed by atoms with Gasteiger partial charge in [0.2, 0.25) is 5.69 Å². The minimum Gasteiger partial charge on any atom is -0.476 e. The molecule has 1 aromatic heterocycles. The molecule has 0 bridgehead atoms. The molecule has 1 aromatic rings. The zero-order valence-corrected chi connectivity index (χ0v) is 6.34. The molecule has 7 nitrogen and oxygen atoms in total. The number of hydrogen-bond acceptors (Lipinski definition) is 4. The Balaban J connectivity index is 0.00000121. The number of halogens is 1. The van der Waals surface area contributed by atoms with E-state index in [1.165, 1.54) is 0 Å². The number of rotatable bonds is 1. The van der Waals surface area contributed by atoms with E-state index in [1.54, 1.807) is 10.1 Å². The van der Waals surface area contributed by atoms with Crippen molar-refractivity contribution in [3.63, 3.8) is 0 Å². The maximum Gasteiger partial charge on any atom is 0.362 e. The molecule has 0 saturated carbocycles. The summed E-state index contributed by atoms with van der Waals surface area (Å²) in [6.07, 6.45) is 0. The van der Waals surface area contributed by atoms with Crippen LogP contribution >= 0.6 is 12.4 Å². The summed E-state index contributed by atoms with van der Waals surface area (Å²) in [4.78, 5) is 32.7. The highest BCUT2D eigenvalue weighted by atomic mass is 35.5. The number of carbonyl (C=O) groups is 1. The lowest BCUT2D eigenvalue weighted by molar-refractivity contribution is 0.0686. The first-order valence-electron chi connectivity index (χ1n) is 2.53. The Bertz CT molecular complexity index is 394. The molecule has 66 valence electrons. The summed E-state index contributed by atoms with van der Waals surface area (Å²) >= 11 is 0. The van der Waals surface area contributed by atoms with Crippen molar-refractivity contribution < 1.29 is 9.90 Å². The maximum absolute atomic E-state index is 10.6. The average molecular weight is 194 g/mol. The number of carboxylic acid groups (broad SMARTS) is 1. The average Bonchev–Trinajstić information content (AvgIpc) is 1.85. The van der Waals surface area contributed by atoms with Gasteiger partial charge in [0.25, 0.3) is 5.56 Å². The first-order valence-corrected chi connectivity index (χ1v) is 2.53. The topological polar surface area (TPSA) is 116 Å². The number of aromatic amines is 2. The van der Waals surface area contributed by atoms with Crippen LogP contribution < -0.4 is 11.2 Å². The van der Waals surface area contributed by atoms with Gasteiger partial charge in [-0.25, -0.2) is 14.7 Å². The Morgan fingerprint density at radius 1 is 1.42 bits per heavy atom. The molecule has 12 heavy (non-hydrogen) atoms. The molecule has 0 spiro atoms. The van der Waals surface area contributed by atoms with Crippen molar-refractivity contribution in [2.24, 2.45) is 0 Å². The van der Waals surface area contributed by atoms with Gasteiger partial charge in [0, 0.05) is 0 Å². The van der Waals surface area contributed by atoms with E-state index < -0.39 is 22.9 Å². The summed E-state index contributed by atoms with van der Waals surface area (Å²) in [5.41, 5.74) is -2.58. The summed E-state index contributed by atoms with van der Waals surface area (Å²) in [5.74, 6) is -1.48. The maximum atomic E-state index is 10.6. The first kappa shape index (κ1) is 10.4. The number of nitrogens with one attached hydrogen (secondary N) is 2. The lowest BCUT2D eigenvalue weighted by Crippen LogP contribution is -2.29. The summed E-state index contributed by atoms with van der Waals surface area (Å²) < 4.78 is 0. The van der Waals surface area contributed by atoms with Crippen molar-refractivity contribution in [3.05, 3.63) is 26.5 Å². The molecule has 0 aliphatic rings. The molecule has 8 heteroatoms. The molecule has 0 aromatic carbocycles. The van der Waals surface area contributed by atoms with Crippen molar-refractivity contribution in [2.45, 2.75) is 0 Å². The Kier molecular flexibility index (Phi) is 3.17. The first-order chi connectivity index (χ1) is 5.11. The standard InChI is InChI=1S/C4H3N3O4.ClH/c8-2-1(3(9)10)6-7-4(11)5-2;/h(H,9,10)(H2,5,7,8,11);1H. The third-order valence-electron chi connectivity index (χ3n) is 0.914. The molecule has 0 radical (unpaired) electrons. The van der Waals surface area contributed by atoms with E-state index in [1.807, 2.05) is 0 Å². The molecule has 3 N–H and O–H groups in total. The largest absolute Gasteiger partial charge is 0.476 e. The molecule has 0 unspecified atom stereocenters. The van der Waals surface area contributed by atoms with Crippen LogP contribution in [0, 0.1) is 0 Å². The van der Waals surface area contributed by atoms with Gasteiger partial charge in [-0.1, -0.05) is 0 Å². The fourth-order valence-electron chi connectivity index (χ4n) is 0.493. The monoisotopic (exact) mass is 193 g/mol. The summed E-state index contributed by atoms with van der Waals surface area (Å²) in [6.45, 7) is 0. The van der Waals surface area contributed by atoms with E-state index in [9.17, 15) is 14.4 Å². The summed E-state index contributed by atoms with van der Waals surface area (Å²) in [7, 11) is 0. The predicted octanol–water partition coefficient (Wildman–Crippen LogP) is -1.42. The van der Waals surface area contributed by atoms with Crippen molar-refractivity contribution in [2.75, 3.05) is 0 Å². The molecular formula is C4H4ClN3O4. The molecule has 1 heterocycles. The molecular weight excluding hydrogens is 190 g/mol. The second kappa shape index (κ2) is 3.67. The van der Waals surface area contributed by atoms with Crippen LogP contribution in [0.2, 0.25) is 0 Å². The van der Waals surface area contributed by atoms with E-state index in [4.69, 9.17) is 5.11 Å². The highest BCUT2D eigenvalue weighted by molar-refractivity contribution is 5.85. The molecule has 0 atom stereocenters. The van der Waals surface area contributed by atoms with E-state index in [-0.39, 0.29) is 12.4 Å². The van der Waals surface area contributed by atoms with Gasteiger partial charge >= 0.3 is 11.7 Å². The Morgan fingerprint density at radius 3 is 2.42 bits per heavy atom. The van der Waals surface area contributed by atoms with Gasteiger partial charge in [-0.15, -0.1) is 12.4 Å². The highest BCUT2D eigenvalue weighted by Gasteiger charge is 2.09. The lowest BCUT2D eigenvalue weighted by atomic mass is 10.5. The third kappa shape index (κ3) is 1.92. The molecule has 0 fully saturated rings. The minimum atomic E-state index is -1.48. The van der Waals surface area contributed by atoms with Crippen LogP contribution in [0.5, 0.6) is 0 Å². The van der Waals surface area contributed by atoms with Crippen LogP contribution in [-0.2, 0) is 0 Å². The van der Waals surface area contributed by atoms with Crippen molar-refractivity contribution in [1.29, 1.82) is 0 Å². The fraction of sp³-hybridized carbons (Fsp3) is 0. The van der Waals surface area contributed by atoms with Gasteiger partial charge in [0.05, 0.1) is 0 Å². The number of aromatic nitrogens is 3. The number of carboxylic acids is 1. The van der Waals surface area contributed by atoms with E-state index >= 15 is 0 Å². The Hall–Kier alpha value is -1.63. The van der Waals surface area contributed by atoms with Crippen LogP contribution in [0.3, 0.4) is 0 Å². The van der Waals surface area contributed by atoms with Crippen LogP contribution in [0.25, 0.3) is 0 Å². The summed E-state index contributed by atoms with van der Waals surface area (Å²) in [5, 5.41) is 13.0. The smallest absolute Gasteiger partial charge is 0.362 e. The minimum absolute atomic E-state index is 0. The van der Waals surface area contributed by atoms with Crippen molar-refractivity contribution in [1.82, 2.24) is 15.2 Å². The van der Waals surface area contributed by atoms with Crippen LogP contribution in [0.15, 0.2) is 9.59 Å². The van der Waals surface area contributed by atoms with Crippen molar-refractivity contribution >= 4 is 18.4 Å². The van der Waals surface area contributed by atoms with Crippen LogP contribution in [-0.4, -0.2) is 26.3 Å². The second-order valence-corrected chi connectivity index (χ2v) is 1.66. The van der Waals surface area contributed by atoms with E-state index in [2.05, 4.69) is 5.10 Å². The molecule has 0 saturated heterocycles. The molecule has 1 rings (SSSR count). The number of hydrogen-bond donors (Lipinski definition) is 3. The normalized spacial score (nSPS) is 8.67. The fourth-order valence-corrected chi connectivity index (χ4v) is 0.493. The Labute approximate surface area is 70.9 Å². The molecule has 0 amide bonds. The SMILES string of the molecule is Cl.O=C(O)c1n[nH]c(=O)[nH]c1=O. The van der Waals surface area contributed by atoms with Gasteiger partial charge in [-0.3, -0.25) is 9.78 Å². The number of aromatic carboxylic acids is 1. The molecule has 0 aliphatic heterocycles. The number of nitrogens with zero attached hydrogens (tertiary/aromatic N) is 1. The van der Waals surface area contributed by atoms with E-state index in [0.29, 0.717) is 0 Å². The van der Waals surface area contributed by atoms with Crippen LogP contribution in [0.4, 0.5) is 0 Å². The van der Waals surface area contributed by atoms with Gasteiger partial charge in [-0.2, -0.15) is 5.10 Å². The Morgan fingerprint density at radius 2 is 2.00 bits per heavy atom. The number of H-pyrrole nitrogens is 2. The second-order valence-electron chi connectivity index (χ2n) is 1.66. The highest BCUT2D eigenvalue weighted by Crippen LogP contribution is 1.75. The van der Waals surface area contributed by atoms with Crippen LogP contribution in [0.1, 0.15) is 10.5 Å². The van der Waals surface area contributed by atoms with Gasteiger partial charge in [0.15, 0.2) is 0 Å². The lowest BCUT2D eigenvalue weighted by Gasteiger charge is -1.87. The van der Waals surface area contributed by atoms with Gasteiger partial charge < -0.3 is 5.11 Å². The quantitative estimate of drug-likeness (QED) is 0.506. The van der Waals surface area contributed by atoms with Gasteiger partial charge in [0.1, 0.15) is 0 Å². The van der Waals surface area contributed by atoms with Crippen molar-refractivity contribution in [3.8, 4) is 0 Å². The predicted molar refractivity (Wildman–Crippen MR) is 39.7 cm³/mol. The zero-order valence-electron chi connectivity index (χ0n) is 5.53. The molecule has 0 aliphatic carbocycles. The third-order valence-corrected chi connectivity index (χ3v) is 0.914. The summed E-state index contributed by atoms with van der Waals surface area (Å²) in [6, 6.07) is 0.